The SMILES string of the molecule is CC1(C[N+]2(C)CCCC2)CCCC1. The molecule has 0 bridgehead atoms. The molecule has 76 valence electrons. The summed E-state index contributed by atoms with van der Waals surface area (Å²) in [5.74, 6) is 0. The minimum absolute atomic E-state index is 0.694. The lowest BCUT2D eigenvalue weighted by Crippen LogP contribution is -2.47. The van der Waals surface area contributed by atoms with Crippen molar-refractivity contribution in [2.75, 3.05) is 26.7 Å². The molecule has 1 heterocycles. The van der Waals surface area contributed by atoms with Crippen LogP contribution in [-0.4, -0.2) is 31.2 Å². The average Bonchev–Trinajstić information content (AvgIpc) is 2.60. The highest BCUT2D eigenvalue weighted by Gasteiger charge is 2.38. The molecule has 0 spiro atoms. The smallest absolute Gasteiger partial charge is 0.0838 e. The molecule has 13 heavy (non-hydrogen) atoms. The zero-order chi connectivity index (χ0) is 9.36. The highest BCUT2D eigenvalue weighted by atomic mass is 15.3. The lowest BCUT2D eigenvalue weighted by molar-refractivity contribution is -0.904. The lowest BCUT2D eigenvalue weighted by Gasteiger charge is -2.37. The maximum absolute atomic E-state index is 2.52. The van der Waals surface area contributed by atoms with E-state index in [0.717, 1.165) is 0 Å². The molecule has 1 saturated heterocycles. The van der Waals surface area contributed by atoms with Gasteiger partial charge in [0.05, 0.1) is 26.7 Å². The molecule has 0 amide bonds. The van der Waals surface area contributed by atoms with Crippen molar-refractivity contribution in [1.29, 1.82) is 0 Å². The highest BCUT2D eigenvalue weighted by molar-refractivity contribution is 4.80. The van der Waals surface area contributed by atoms with E-state index in [0.29, 0.717) is 5.41 Å². The van der Waals surface area contributed by atoms with Gasteiger partial charge >= 0.3 is 0 Å². The second-order valence-corrected chi connectivity index (χ2v) is 5.95. The van der Waals surface area contributed by atoms with Crippen LogP contribution in [0.25, 0.3) is 0 Å². The average molecular weight is 182 g/mol. The second-order valence-electron chi connectivity index (χ2n) is 5.95. The monoisotopic (exact) mass is 182 g/mol. The van der Waals surface area contributed by atoms with Gasteiger partial charge in [0.2, 0.25) is 0 Å². The Labute approximate surface area is 82.7 Å². The Morgan fingerprint density at radius 1 is 1.00 bits per heavy atom. The van der Waals surface area contributed by atoms with E-state index >= 15 is 0 Å². The predicted molar refractivity (Wildman–Crippen MR) is 56.6 cm³/mol. The molecule has 1 nitrogen and oxygen atoms in total. The molecule has 1 aliphatic heterocycles. The molecular formula is C12H24N+. The first kappa shape index (κ1) is 9.51. The number of likely N-dealkylation sites (tertiary alicyclic amines) is 1. The van der Waals surface area contributed by atoms with E-state index in [1.165, 1.54) is 62.6 Å². The van der Waals surface area contributed by atoms with Gasteiger partial charge in [0.25, 0.3) is 0 Å². The molecule has 0 radical (unpaired) electrons. The topological polar surface area (TPSA) is 0 Å². The summed E-state index contributed by atoms with van der Waals surface area (Å²) in [4.78, 5) is 0. The molecule has 1 aliphatic carbocycles. The van der Waals surface area contributed by atoms with Gasteiger partial charge < -0.3 is 4.48 Å². The van der Waals surface area contributed by atoms with Crippen LogP contribution in [0.5, 0.6) is 0 Å². The van der Waals surface area contributed by atoms with E-state index in [-0.39, 0.29) is 0 Å². The van der Waals surface area contributed by atoms with Crippen molar-refractivity contribution >= 4 is 0 Å². The van der Waals surface area contributed by atoms with Crippen LogP contribution in [0.4, 0.5) is 0 Å². The fourth-order valence-corrected chi connectivity index (χ4v) is 3.57. The number of quaternary nitrogens is 1. The third kappa shape index (κ3) is 2.07. The summed E-state index contributed by atoms with van der Waals surface area (Å²) in [5.41, 5.74) is 0.694. The van der Waals surface area contributed by atoms with Gasteiger partial charge in [-0.25, -0.2) is 0 Å². The van der Waals surface area contributed by atoms with Crippen molar-refractivity contribution in [3.8, 4) is 0 Å². The summed E-state index contributed by atoms with van der Waals surface area (Å²) in [6.45, 7) is 6.85. The molecule has 0 unspecified atom stereocenters. The lowest BCUT2D eigenvalue weighted by atomic mass is 9.87. The maximum atomic E-state index is 2.52. The van der Waals surface area contributed by atoms with Gasteiger partial charge in [0.15, 0.2) is 0 Å². The summed E-state index contributed by atoms with van der Waals surface area (Å²) in [6, 6.07) is 0. The maximum Gasteiger partial charge on any atom is 0.0838 e. The molecule has 0 aromatic carbocycles. The van der Waals surface area contributed by atoms with Crippen LogP contribution < -0.4 is 0 Å². The molecule has 2 aliphatic rings. The molecular weight excluding hydrogens is 158 g/mol. The normalized spacial score (nSPS) is 30.9. The summed E-state index contributed by atoms with van der Waals surface area (Å²) >= 11 is 0. The van der Waals surface area contributed by atoms with E-state index in [1.54, 1.807) is 0 Å². The van der Waals surface area contributed by atoms with Crippen LogP contribution in [0.3, 0.4) is 0 Å². The van der Waals surface area contributed by atoms with Crippen molar-refractivity contribution in [2.24, 2.45) is 5.41 Å². The van der Waals surface area contributed by atoms with Gasteiger partial charge in [0, 0.05) is 18.3 Å². The van der Waals surface area contributed by atoms with Crippen LogP contribution in [0.15, 0.2) is 0 Å². The third-order valence-electron chi connectivity index (χ3n) is 4.22. The predicted octanol–water partition coefficient (Wildman–Crippen LogP) is 2.81. The first-order chi connectivity index (χ1) is 6.12. The molecule has 0 aromatic rings. The van der Waals surface area contributed by atoms with Crippen molar-refractivity contribution in [3.63, 3.8) is 0 Å². The summed E-state index contributed by atoms with van der Waals surface area (Å²) in [6.07, 6.45) is 8.87. The van der Waals surface area contributed by atoms with Gasteiger partial charge in [-0.05, 0) is 12.8 Å². The minimum atomic E-state index is 0.694. The van der Waals surface area contributed by atoms with Crippen LogP contribution >= 0.6 is 0 Å². The quantitative estimate of drug-likeness (QED) is 0.576. The first-order valence-electron chi connectivity index (χ1n) is 5.96. The Morgan fingerprint density at radius 3 is 2.08 bits per heavy atom. The van der Waals surface area contributed by atoms with Gasteiger partial charge in [-0.1, -0.05) is 19.8 Å². The third-order valence-corrected chi connectivity index (χ3v) is 4.22. The standard InChI is InChI=1S/C12H24N/c1-12(7-3-4-8-12)11-13(2)9-5-6-10-13/h3-11H2,1-2H3/q+1. The zero-order valence-electron chi connectivity index (χ0n) is 9.31. The Hall–Kier alpha value is -0.0400. The minimum Gasteiger partial charge on any atom is -0.326 e. The fraction of sp³-hybridized carbons (Fsp3) is 1.00. The molecule has 2 fully saturated rings. The number of rotatable bonds is 2. The molecule has 1 saturated carbocycles. The van der Waals surface area contributed by atoms with Crippen LogP contribution in [0.2, 0.25) is 0 Å². The van der Waals surface area contributed by atoms with E-state index in [4.69, 9.17) is 0 Å². The summed E-state index contributed by atoms with van der Waals surface area (Å²) in [7, 11) is 2.47. The van der Waals surface area contributed by atoms with Gasteiger partial charge in [-0.3, -0.25) is 0 Å². The molecule has 2 rings (SSSR count). The Morgan fingerprint density at radius 2 is 1.54 bits per heavy atom. The van der Waals surface area contributed by atoms with Gasteiger partial charge in [0.1, 0.15) is 0 Å². The summed E-state index contributed by atoms with van der Waals surface area (Å²) in [5, 5.41) is 0. The second kappa shape index (κ2) is 3.27. The van der Waals surface area contributed by atoms with Crippen molar-refractivity contribution in [1.82, 2.24) is 0 Å². The summed E-state index contributed by atoms with van der Waals surface area (Å²) < 4.78 is 1.37. The van der Waals surface area contributed by atoms with Crippen molar-refractivity contribution in [3.05, 3.63) is 0 Å². The van der Waals surface area contributed by atoms with Crippen LogP contribution in [0, 0.1) is 5.41 Å². The Kier molecular flexibility index (Phi) is 2.39. The molecule has 0 N–H and O–H groups in total. The zero-order valence-corrected chi connectivity index (χ0v) is 9.31. The Balaban J connectivity index is 1.95. The number of nitrogens with zero attached hydrogens (tertiary/aromatic N) is 1. The van der Waals surface area contributed by atoms with Gasteiger partial charge in [-0.15, -0.1) is 0 Å². The van der Waals surface area contributed by atoms with Crippen LogP contribution in [0.1, 0.15) is 45.4 Å². The molecule has 1 heteroatoms. The van der Waals surface area contributed by atoms with E-state index in [2.05, 4.69) is 14.0 Å². The van der Waals surface area contributed by atoms with Gasteiger partial charge in [-0.2, -0.15) is 0 Å². The first-order valence-corrected chi connectivity index (χ1v) is 5.96. The fourth-order valence-electron chi connectivity index (χ4n) is 3.57. The van der Waals surface area contributed by atoms with E-state index in [1.807, 2.05) is 0 Å². The van der Waals surface area contributed by atoms with Crippen molar-refractivity contribution < 1.29 is 4.48 Å². The highest BCUT2D eigenvalue weighted by Crippen LogP contribution is 2.40. The number of hydrogen-bond donors (Lipinski definition) is 0. The van der Waals surface area contributed by atoms with Crippen LogP contribution in [-0.2, 0) is 0 Å². The largest absolute Gasteiger partial charge is 0.326 e. The van der Waals surface area contributed by atoms with E-state index < -0.39 is 0 Å². The van der Waals surface area contributed by atoms with E-state index in [9.17, 15) is 0 Å². The molecule has 0 aromatic heterocycles. The molecule has 0 atom stereocenters. The number of hydrogen-bond acceptors (Lipinski definition) is 0. The van der Waals surface area contributed by atoms with Crippen molar-refractivity contribution in [2.45, 2.75) is 45.4 Å². The Bertz CT molecular complexity index is 154.